The molecule has 0 aliphatic heterocycles. The van der Waals surface area contributed by atoms with Gasteiger partial charge in [0.1, 0.15) is 11.3 Å². The summed E-state index contributed by atoms with van der Waals surface area (Å²) < 4.78 is 9.20. The lowest BCUT2D eigenvalue weighted by atomic mass is 10.2. The van der Waals surface area contributed by atoms with Crippen molar-refractivity contribution in [3.63, 3.8) is 0 Å². The summed E-state index contributed by atoms with van der Waals surface area (Å²) in [5.74, 6) is -0.146. The summed E-state index contributed by atoms with van der Waals surface area (Å²) in [6, 6.07) is 25.3. The second-order valence-electron chi connectivity index (χ2n) is 7.17. The van der Waals surface area contributed by atoms with Crippen molar-refractivity contribution in [3.05, 3.63) is 108 Å². The molecular formula is C26H18Br4N2O4. The fourth-order valence-corrected chi connectivity index (χ4v) is 5.43. The third-order valence-electron chi connectivity index (χ3n) is 4.45. The number of halogens is 4. The lowest BCUT2D eigenvalue weighted by Gasteiger charge is -1.98. The van der Waals surface area contributed by atoms with Crippen LogP contribution in [0.4, 0.5) is 5.69 Å². The zero-order valence-corrected chi connectivity index (χ0v) is 24.7. The Labute approximate surface area is 240 Å². The molecule has 0 unspecified atom stereocenters. The van der Waals surface area contributed by atoms with Gasteiger partial charge in [0, 0.05) is 23.5 Å². The monoisotopic (exact) mass is 738 g/mol. The van der Waals surface area contributed by atoms with E-state index in [2.05, 4.69) is 68.7 Å². The van der Waals surface area contributed by atoms with Crippen LogP contribution in [0.1, 0.15) is 10.4 Å². The summed E-state index contributed by atoms with van der Waals surface area (Å²) in [5, 5.41) is 17.4. The smallest absolute Gasteiger partial charge is 0.335 e. The van der Waals surface area contributed by atoms with E-state index >= 15 is 0 Å². The molecule has 0 saturated carbocycles. The Balaban J connectivity index is 0.000000164. The Morgan fingerprint density at radius 3 is 1.81 bits per heavy atom. The summed E-state index contributed by atoms with van der Waals surface area (Å²) in [5.41, 5.74) is 8.59. The molecule has 1 aromatic heterocycles. The Morgan fingerprint density at radius 2 is 1.31 bits per heavy atom. The number of hydrogen-bond acceptors (Lipinski definition) is 5. The van der Waals surface area contributed by atoms with Crippen molar-refractivity contribution in [2.24, 2.45) is 0 Å². The number of phenolic OH excluding ortho intramolecular Hbond substituents is 1. The Hall–Kier alpha value is -2.66. The van der Waals surface area contributed by atoms with Crippen LogP contribution in [0, 0.1) is 0 Å². The van der Waals surface area contributed by atoms with Gasteiger partial charge in [-0.25, -0.2) is 9.78 Å². The number of carboxylic acids is 1. The average molecular weight is 742 g/mol. The molecule has 0 bridgehead atoms. The number of rotatable bonds is 2. The van der Waals surface area contributed by atoms with Gasteiger partial charge in [0.2, 0.25) is 5.89 Å². The first kappa shape index (κ1) is 27.9. The second-order valence-corrected chi connectivity index (χ2v) is 10.8. The van der Waals surface area contributed by atoms with Crippen LogP contribution in [0.3, 0.4) is 0 Å². The third-order valence-corrected chi connectivity index (χ3v) is 6.28. The lowest BCUT2D eigenvalue weighted by molar-refractivity contribution is 0.0696. The fourth-order valence-electron chi connectivity index (χ4n) is 2.84. The first-order valence-electron chi connectivity index (χ1n) is 10.2. The maximum atomic E-state index is 10.5. The highest BCUT2D eigenvalue weighted by Crippen LogP contribution is 2.29. The van der Waals surface area contributed by atoms with Crippen LogP contribution < -0.4 is 5.73 Å². The van der Waals surface area contributed by atoms with E-state index in [-0.39, 0.29) is 11.3 Å². The van der Waals surface area contributed by atoms with Gasteiger partial charge in [0.15, 0.2) is 5.58 Å². The minimum absolute atomic E-state index is 0.146. The molecule has 0 fully saturated rings. The second kappa shape index (κ2) is 13.0. The normalized spacial score (nSPS) is 10.1. The zero-order valence-electron chi connectivity index (χ0n) is 18.3. The number of aromatic nitrogens is 1. The van der Waals surface area contributed by atoms with Crippen molar-refractivity contribution in [3.8, 4) is 17.2 Å². The molecular weight excluding hydrogens is 724 g/mol. The maximum absolute atomic E-state index is 10.5. The first-order chi connectivity index (χ1) is 17.1. The molecule has 184 valence electrons. The van der Waals surface area contributed by atoms with Crippen molar-refractivity contribution in [2.75, 3.05) is 5.73 Å². The van der Waals surface area contributed by atoms with Crippen molar-refractivity contribution < 1.29 is 19.4 Å². The van der Waals surface area contributed by atoms with Gasteiger partial charge in [-0.2, -0.15) is 0 Å². The lowest BCUT2D eigenvalue weighted by Crippen LogP contribution is -1.95. The average Bonchev–Trinajstić information content (AvgIpc) is 3.25. The van der Waals surface area contributed by atoms with E-state index in [9.17, 15) is 4.79 Å². The molecule has 5 aromatic rings. The first-order valence-corrected chi connectivity index (χ1v) is 13.3. The number of fused-ring (bicyclic) bond motifs is 1. The number of oxazole rings is 1. The van der Waals surface area contributed by atoms with E-state index < -0.39 is 5.97 Å². The van der Waals surface area contributed by atoms with Gasteiger partial charge in [-0.15, -0.1) is 0 Å². The number of aromatic carboxylic acids is 1. The number of nitrogen functional groups attached to an aromatic ring is 1. The number of nitrogens with zero attached hydrogens (tertiary/aromatic N) is 1. The van der Waals surface area contributed by atoms with E-state index in [0.29, 0.717) is 11.6 Å². The van der Waals surface area contributed by atoms with Crippen molar-refractivity contribution >= 4 is 86.5 Å². The van der Waals surface area contributed by atoms with Crippen LogP contribution in [-0.2, 0) is 0 Å². The Kier molecular flexibility index (Phi) is 10.1. The number of anilines is 1. The summed E-state index contributed by atoms with van der Waals surface area (Å²) in [6.45, 7) is 0. The molecule has 4 aromatic carbocycles. The third kappa shape index (κ3) is 8.19. The maximum Gasteiger partial charge on any atom is 0.335 e. The topological polar surface area (TPSA) is 110 Å². The van der Waals surface area contributed by atoms with Gasteiger partial charge in [0.05, 0.1) is 11.3 Å². The molecule has 0 spiro atoms. The van der Waals surface area contributed by atoms with Crippen molar-refractivity contribution in [1.82, 2.24) is 4.98 Å². The number of nitrogens with two attached hydrogens (primary N) is 1. The molecule has 0 radical (unpaired) electrons. The summed E-state index contributed by atoms with van der Waals surface area (Å²) in [6.07, 6.45) is 0. The molecule has 0 amide bonds. The molecule has 0 aliphatic rings. The molecule has 4 N–H and O–H groups in total. The molecule has 0 aliphatic carbocycles. The number of benzene rings is 4. The van der Waals surface area contributed by atoms with Crippen molar-refractivity contribution in [2.45, 2.75) is 0 Å². The number of hydrogen-bond donors (Lipinski definition) is 3. The number of para-hydroxylation sites is 4. The number of phenols is 1. The summed E-state index contributed by atoms with van der Waals surface area (Å²) in [4.78, 5) is 14.9. The minimum Gasteiger partial charge on any atom is -0.506 e. The van der Waals surface area contributed by atoms with Crippen LogP contribution in [-0.4, -0.2) is 21.2 Å². The molecule has 5 rings (SSSR count). The molecule has 10 heteroatoms. The van der Waals surface area contributed by atoms with Crippen LogP contribution >= 0.6 is 63.7 Å². The van der Waals surface area contributed by atoms with E-state index in [1.54, 1.807) is 42.5 Å². The van der Waals surface area contributed by atoms with E-state index in [4.69, 9.17) is 20.4 Å². The van der Waals surface area contributed by atoms with Crippen LogP contribution in [0.5, 0.6) is 5.75 Å². The van der Waals surface area contributed by atoms with E-state index in [0.717, 1.165) is 34.6 Å². The predicted octanol–water partition coefficient (Wildman–Crippen LogP) is 8.90. The number of aromatic hydroxyl groups is 1. The van der Waals surface area contributed by atoms with Crippen LogP contribution in [0.2, 0.25) is 0 Å². The van der Waals surface area contributed by atoms with Gasteiger partial charge in [-0.3, -0.25) is 0 Å². The number of carbonyl (C=O) groups is 1. The quantitative estimate of drug-likeness (QED) is 0.123. The minimum atomic E-state index is -0.924. The standard InChI is InChI=1S/C13H7Br2NO.C7H4Br2O2.C6H7NO/c14-9-5-8(6-10(15)7-9)13-16-11-3-1-2-4-12(11)17-13;8-5-1-4(7(10)11)2-6(9)3-5;7-5-3-1-2-4-6(5)8/h1-7H;1-3H,(H,10,11);1-4,8H,7H2. The molecule has 6 nitrogen and oxygen atoms in total. The number of carboxylic acid groups (broad SMARTS) is 1. The van der Waals surface area contributed by atoms with Gasteiger partial charge in [0.25, 0.3) is 0 Å². The molecule has 0 atom stereocenters. The summed E-state index contributed by atoms with van der Waals surface area (Å²) in [7, 11) is 0. The SMILES string of the molecule is Brc1cc(Br)cc(-c2nc3ccccc3o2)c1.Nc1ccccc1O.O=C(O)c1cc(Br)cc(Br)c1. The van der Waals surface area contributed by atoms with Gasteiger partial charge in [-0.05, 0) is 60.7 Å². The van der Waals surface area contributed by atoms with Gasteiger partial charge in [-0.1, -0.05) is 88.0 Å². The molecule has 0 saturated heterocycles. The highest BCUT2D eigenvalue weighted by atomic mass is 79.9. The highest BCUT2D eigenvalue weighted by molar-refractivity contribution is 9.11. The van der Waals surface area contributed by atoms with Crippen LogP contribution in [0.15, 0.2) is 107 Å². The van der Waals surface area contributed by atoms with E-state index in [1.165, 1.54) is 0 Å². The predicted molar refractivity (Wildman–Crippen MR) is 156 cm³/mol. The fraction of sp³-hybridized carbons (Fsp3) is 0. The molecule has 1 heterocycles. The molecule has 36 heavy (non-hydrogen) atoms. The van der Waals surface area contributed by atoms with Gasteiger partial charge < -0.3 is 20.4 Å². The highest BCUT2D eigenvalue weighted by Gasteiger charge is 2.09. The van der Waals surface area contributed by atoms with Gasteiger partial charge >= 0.3 is 5.97 Å². The van der Waals surface area contributed by atoms with Crippen molar-refractivity contribution in [1.29, 1.82) is 0 Å². The summed E-state index contributed by atoms with van der Waals surface area (Å²) >= 11 is 13.3. The Morgan fingerprint density at radius 1 is 0.778 bits per heavy atom. The zero-order chi connectivity index (χ0) is 26.2. The Bertz CT molecular complexity index is 1410. The largest absolute Gasteiger partial charge is 0.506 e. The van der Waals surface area contributed by atoms with E-state index in [1.807, 2.05) is 42.5 Å². The van der Waals surface area contributed by atoms with Crippen LogP contribution in [0.25, 0.3) is 22.6 Å².